The highest BCUT2D eigenvalue weighted by molar-refractivity contribution is 5.47. The van der Waals surface area contributed by atoms with Crippen LogP contribution in [0.25, 0.3) is 5.65 Å². The molecule has 1 aliphatic heterocycles. The van der Waals surface area contributed by atoms with E-state index in [0.717, 1.165) is 62.0 Å². The van der Waals surface area contributed by atoms with Crippen LogP contribution in [0.15, 0.2) is 23.0 Å². The third-order valence-corrected chi connectivity index (χ3v) is 5.05. The number of aryl methyl sites for hydroxylation is 1. The summed E-state index contributed by atoms with van der Waals surface area (Å²) in [6.45, 7) is 5.10. The monoisotopic (exact) mass is 352 g/mol. The Labute approximate surface area is 149 Å². The molecule has 5 rings (SSSR count). The summed E-state index contributed by atoms with van der Waals surface area (Å²) in [5, 5.41) is 12.8. The molecule has 0 amide bonds. The second-order valence-electron chi connectivity index (χ2n) is 6.95. The van der Waals surface area contributed by atoms with Gasteiger partial charge in [-0.1, -0.05) is 0 Å². The van der Waals surface area contributed by atoms with E-state index in [0.29, 0.717) is 11.9 Å². The Morgan fingerprint density at radius 3 is 2.62 bits per heavy atom. The Balaban J connectivity index is 1.34. The van der Waals surface area contributed by atoms with Crippen LogP contribution in [0.3, 0.4) is 0 Å². The smallest absolute Gasteiger partial charge is 0.252 e. The van der Waals surface area contributed by atoms with Gasteiger partial charge >= 0.3 is 0 Å². The third kappa shape index (κ3) is 2.69. The Kier molecular flexibility index (Phi) is 3.41. The largest absolute Gasteiger partial charge is 0.352 e. The van der Waals surface area contributed by atoms with E-state index in [1.54, 1.807) is 10.6 Å². The van der Waals surface area contributed by atoms with Gasteiger partial charge in [-0.05, 0) is 31.9 Å². The Morgan fingerprint density at radius 1 is 1.08 bits per heavy atom. The lowest BCUT2D eigenvalue weighted by Crippen LogP contribution is -2.48. The molecule has 3 aromatic rings. The van der Waals surface area contributed by atoms with E-state index in [-0.39, 0.29) is 5.56 Å². The van der Waals surface area contributed by atoms with Crippen molar-refractivity contribution in [3.8, 4) is 0 Å². The van der Waals surface area contributed by atoms with Crippen molar-refractivity contribution in [1.82, 2.24) is 29.8 Å². The fraction of sp³-hybridized carbons (Fsp3) is 0.471. The van der Waals surface area contributed by atoms with Crippen molar-refractivity contribution < 1.29 is 0 Å². The van der Waals surface area contributed by atoms with Gasteiger partial charge in [0.1, 0.15) is 5.82 Å². The molecule has 4 heterocycles. The Hall–Kier alpha value is -2.97. The second-order valence-corrected chi connectivity index (χ2v) is 6.95. The van der Waals surface area contributed by atoms with Crippen molar-refractivity contribution in [2.24, 2.45) is 0 Å². The summed E-state index contributed by atoms with van der Waals surface area (Å²) in [5.74, 6) is 2.85. The topological polar surface area (TPSA) is 95.3 Å². The van der Waals surface area contributed by atoms with Crippen molar-refractivity contribution in [3.63, 3.8) is 0 Å². The van der Waals surface area contributed by atoms with Crippen LogP contribution in [-0.4, -0.2) is 56.0 Å². The molecule has 26 heavy (non-hydrogen) atoms. The van der Waals surface area contributed by atoms with Gasteiger partial charge in [-0.2, -0.15) is 4.52 Å². The predicted octanol–water partition coefficient (Wildman–Crippen LogP) is 0.720. The van der Waals surface area contributed by atoms with Gasteiger partial charge in [0.05, 0.1) is 5.69 Å². The fourth-order valence-corrected chi connectivity index (χ4v) is 3.40. The number of aromatic nitrogens is 6. The Morgan fingerprint density at radius 2 is 1.85 bits per heavy atom. The van der Waals surface area contributed by atoms with E-state index in [1.807, 2.05) is 19.1 Å². The first kappa shape index (κ1) is 15.3. The molecule has 1 aliphatic carbocycles. The molecule has 1 saturated heterocycles. The zero-order chi connectivity index (χ0) is 17.7. The molecule has 9 heteroatoms. The maximum absolute atomic E-state index is 11.9. The van der Waals surface area contributed by atoms with Crippen LogP contribution in [0, 0.1) is 6.92 Å². The number of hydrogen-bond donors (Lipinski definition) is 1. The van der Waals surface area contributed by atoms with Gasteiger partial charge in [0.2, 0.25) is 5.95 Å². The summed E-state index contributed by atoms with van der Waals surface area (Å²) in [4.78, 5) is 23.9. The van der Waals surface area contributed by atoms with Gasteiger partial charge in [-0.15, -0.1) is 15.3 Å². The van der Waals surface area contributed by atoms with Crippen LogP contribution in [0.1, 0.15) is 30.3 Å². The van der Waals surface area contributed by atoms with Crippen LogP contribution >= 0.6 is 0 Å². The fourth-order valence-electron chi connectivity index (χ4n) is 3.40. The lowest BCUT2D eigenvalue weighted by molar-refractivity contribution is 0.626. The number of H-pyrrole nitrogens is 1. The van der Waals surface area contributed by atoms with Crippen LogP contribution in [0.5, 0.6) is 0 Å². The van der Waals surface area contributed by atoms with Gasteiger partial charge < -0.3 is 9.80 Å². The molecule has 9 nitrogen and oxygen atoms in total. The number of hydrogen-bond acceptors (Lipinski definition) is 7. The summed E-state index contributed by atoms with van der Waals surface area (Å²) in [7, 11) is 0. The quantitative estimate of drug-likeness (QED) is 0.742. The van der Waals surface area contributed by atoms with E-state index >= 15 is 0 Å². The third-order valence-electron chi connectivity index (χ3n) is 5.05. The van der Waals surface area contributed by atoms with Crippen molar-refractivity contribution in [3.05, 3.63) is 40.1 Å². The van der Waals surface area contributed by atoms with Crippen molar-refractivity contribution >= 4 is 17.4 Å². The molecule has 2 fully saturated rings. The first-order valence-electron chi connectivity index (χ1n) is 8.97. The van der Waals surface area contributed by atoms with Crippen LogP contribution in [-0.2, 0) is 0 Å². The number of rotatable bonds is 3. The first-order chi connectivity index (χ1) is 12.7. The van der Waals surface area contributed by atoms with Gasteiger partial charge in [0.25, 0.3) is 5.56 Å². The summed E-state index contributed by atoms with van der Waals surface area (Å²) >= 11 is 0. The minimum Gasteiger partial charge on any atom is -0.352 e. The summed E-state index contributed by atoms with van der Waals surface area (Å²) in [5.41, 5.74) is 1.62. The van der Waals surface area contributed by atoms with Crippen LogP contribution in [0.4, 0.5) is 11.8 Å². The highest BCUT2D eigenvalue weighted by Gasteiger charge is 2.27. The predicted molar refractivity (Wildman–Crippen MR) is 96.8 cm³/mol. The van der Waals surface area contributed by atoms with Crippen LogP contribution < -0.4 is 15.4 Å². The van der Waals surface area contributed by atoms with Gasteiger partial charge in [0.15, 0.2) is 11.5 Å². The standard InChI is InChI=1S/C17H20N8O/c1-11-20-21-14-4-5-15(22-25(11)14)23-6-8-24(9-7-23)17-18-13(12-2-3-12)10-16(26)19-17/h4-5,10,12H,2-3,6-9H2,1H3,(H,18,19,26). The zero-order valence-corrected chi connectivity index (χ0v) is 14.6. The molecule has 0 bridgehead atoms. The summed E-state index contributed by atoms with van der Waals surface area (Å²) in [6.07, 6.45) is 2.28. The average Bonchev–Trinajstić information content (AvgIpc) is 3.45. The lowest BCUT2D eigenvalue weighted by atomic mass is 10.3. The van der Waals surface area contributed by atoms with Gasteiger partial charge in [-0.3, -0.25) is 9.78 Å². The van der Waals surface area contributed by atoms with E-state index in [9.17, 15) is 4.79 Å². The van der Waals surface area contributed by atoms with E-state index in [1.165, 1.54) is 0 Å². The molecule has 0 spiro atoms. The molecular weight excluding hydrogens is 332 g/mol. The normalized spacial score (nSPS) is 17.9. The molecule has 1 N–H and O–H groups in total. The highest BCUT2D eigenvalue weighted by Crippen LogP contribution is 2.38. The molecule has 2 aliphatic rings. The number of aromatic amines is 1. The van der Waals surface area contributed by atoms with E-state index < -0.39 is 0 Å². The first-order valence-corrected chi connectivity index (χ1v) is 8.97. The Bertz CT molecular complexity index is 1010. The highest BCUT2D eigenvalue weighted by atomic mass is 16.1. The second kappa shape index (κ2) is 5.79. The number of piperazine rings is 1. The molecule has 0 aromatic carbocycles. The minimum atomic E-state index is -0.0606. The summed E-state index contributed by atoms with van der Waals surface area (Å²) < 4.78 is 1.76. The SMILES string of the molecule is Cc1nnc2ccc(N3CCN(c4nc(C5CC5)cc(=O)[nH]4)CC3)nn12. The zero-order valence-electron chi connectivity index (χ0n) is 14.6. The van der Waals surface area contributed by atoms with Gasteiger partial charge in [-0.25, -0.2) is 4.98 Å². The van der Waals surface area contributed by atoms with Crippen LogP contribution in [0.2, 0.25) is 0 Å². The molecule has 1 saturated carbocycles. The van der Waals surface area contributed by atoms with E-state index in [2.05, 4.69) is 35.1 Å². The molecule has 0 unspecified atom stereocenters. The molecule has 3 aromatic heterocycles. The summed E-state index contributed by atoms with van der Waals surface area (Å²) in [6, 6.07) is 5.55. The van der Waals surface area contributed by atoms with Crippen molar-refractivity contribution in [2.75, 3.05) is 36.0 Å². The molecular formula is C17H20N8O. The maximum atomic E-state index is 11.9. The van der Waals surface area contributed by atoms with Crippen molar-refractivity contribution in [2.45, 2.75) is 25.7 Å². The number of anilines is 2. The molecule has 0 radical (unpaired) electrons. The maximum Gasteiger partial charge on any atom is 0.252 e. The molecule has 0 atom stereocenters. The van der Waals surface area contributed by atoms with E-state index in [4.69, 9.17) is 0 Å². The lowest BCUT2D eigenvalue weighted by Gasteiger charge is -2.35. The van der Waals surface area contributed by atoms with Gasteiger partial charge in [0, 0.05) is 38.2 Å². The van der Waals surface area contributed by atoms with Crippen molar-refractivity contribution in [1.29, 1.82) is 0 Å². The minimum absolute atomic E-state index is 0.0606. The number of nitrogens with one attached hydrogen (secondary N) is 1. The average molecular weight is 352 g/mol. The number of fused-ring (bicyclic) bond motifs is 1. The molecule has 134 valence electrons. The number of nitrogens with zero attached hydrogens (tertiary/aromatic N) is 7.